The monoisotopic (exact) mass is 369 g/mol. The number of ether oxygens (including phenoxy) is 1. The molecule has 3 atom stereocenters. The fraction of sp³-hybridized carbons (Fsp3) is 0.409. The summed E-state index contributed by atoms with van der Waals surface area (Å²) >= 11 is 0. The van der Waals surface area contributed by atoms with Crippen molar-refractivity contribution >= 4 is 5.91 Å². The summed E-state index contributed by atoms with van der Waals surface area (Å²) in [4.78, 5) is 15.1. The van der Waals surface area contributed by atoms with Gasteiger partial charge in [0, 0.05) is 19.1 Å². The standard InChI is InChI=1S/C22H24FNO3/c23-18-8-6-17(7-9-18)21-19-4-2-1-3-16(19)11-12-24(21)22(26)20-10-5-15(13-25)14-27-20/h1-4,6-9,15,20-21,25H,5,10-14H2/t15?,20-,21+/m1/s1. The van der Waals surface area contributed by atoms with Crippen molar-refractivity contribution in [2.45, 2.75) is 31.4 Å². The first kappa shape index (κ1) is 18.1. The van der Waals surface area contributed by atoms with E-state index in [-0.39, 0.29) is 30.3 Å². The fourth-order valence-electron chi connectivity index (χ4n) is 4.14. The Morgan fingerprint density at radius 1 is 1.15 bits per heavy atom. The minimum absolute atomic E-state index is 0.0183. The van der Waals surface area contributed by atoms with Crippen LogP contribution in [-0.2, 0) is 16.0 Å². The first-order valence-electron chi connectivity index (χ1n) is 9.53. The number of benzene rings is 2. The smallest absolute Gasteiger partial charge is 0.252 e. The topological polar surface area (TPSA) is 49.8 Å². The van der Waals surface area contributed by atoms with E-state index < -0.39 is 6.10 Å². The van der Waals surface area contributed by atoms with Crippen molar-refractivity contribution in [3.05, 3.63) is 71.0 Å². The Hall–Kier alpha value is -2.24. The third kappa shape index (κ3) is 3.62. The molecule has 0 aliphatic carbocycles. The second-order valence-corrected chi connectivity index (χ2v) is 7.38. The molecule has 4 rings (SSSR count). The normalized spacial score (nSPS) is 25.1. The molecule has 2 heterocycles. The zero-order chi connectivity index (χ0) is 18.8. The minimum atomic E-state index is -0.471. The lowest BCUT2D eigenvalue weighted by molar-refractivity contribution is -0.151. The molecule has 0 radical (unpaired) electrons. The molecule has 1 saturated heterocycles. The highest BCUT2D eigenvalue weighted by atomic mass is 19.1. The molecule has 1 N–H and O–H groups in total. The molecule has 4 nitrogen and oxygen atoms in total. The van der Waals surface area contributed by atoms with Crippen molar-refractivity contribution in [3.63, 3.8) is 0 Å². The molecule has 2 aliphatic heterocycles. The van der Waals surface area contributed by atoms with Gasteiger partial charge in [-0.25, -0.2) is 4.39 Å². The molecule has 0 saturated carbocycles. The molecule has 0 spiro atoms. The second-order valence-electron chi connectivity index (χ2n) is 7.38. The van der Waals surface area contributed by atoms with E-state index in [0.29, 0.717) is 19.6 Å². The molecular formula is C22H24FNO3. The molecule has 2 aromatic rings. The highest BCUT2D eigenvalue weighted by Gasteiger charge is 2.37. The molecule has 1 unspecified atom stereocenters. The van der Waals surface area contributed by atoms with Crippen LogP contribution in [0.5, 0.6) is 0 Å². The van der Waals surface area contributed by atoms with Gasteiger partial charge in [-0.15, -0.1) is 0 Å². The van der Waals surface area contributed by atoms with Gasteiger partial charge in [-0.1, -0.05) is 36.4 Å². The summed E-state index contributed by atoms with van der Waals surface area (Å²) in [5.41, 5.74) is 3.22. The minimum Gasteiger partial charge on any atom is -0.396 e. The van der Waals surface area contributed by atoms with E-state index in [2.05, 4.69) is 6.07 Å². The van der Waals surface area contributed by atoms with Crippen molar-refractivity contribution in [2.75, 3.05) is 19.8 Å². The first-order valence-corrected chi connectivity index (χ1v) is 9.53. The number of fused-ring (bicyclic) bond motifs is 1. The molecule has 1 fully saturated rings. The van der Waals surface area contributed by atoms with Gasteiger partial charge < -0.3 is 14.7 Å². The SMILES string of the molecule is O=C([C@H]1CCC(CO)CO1)N1CCc2ccccc2[C@@H]1c1ccc(F)cc1. The van der Waals surface area contributed by atoms with Crippen LogP contribution in [0.15, 0.2) is 48.5 Å². The second kappa shape index (κ2) is 7.79. The van der Waals surface area contributed by atoms with Crippen LogP contribution in [0.1, 0.15) is 35.6 Å². The van der Waals surface area contributed by atoms with Gasteiger partial charge >= 0.3 is 0 Å². The Morgan fingerprint density at radius 3 is 2.63 bits per heavy atom. The molecule has 1 amide bonds. The highest BCUT2D eigenvalue weighted by molar-refractivity contribution is 5.82. The lowest BCUT2D eigenvalue weighted by Gasteiger charge is -2.40. The van der Waals surface area contributed by atoms with E-state index in [1.54, 1.807) is 12.1 Å². The fourth-order valence-corrected chi connectivity index (χ4v) is 4.14. The average molecular weight is 369 g/mol. The van der Waals surface area contributed by atoms with E-state index in [0.717, 1.165) is 24.0 Å². The Labute approximate surface area is 158 Å². The number of carbonyl (C=O) groups excluding carboxylic acids is 1. The zero-order valence-corrected chi connectivity index (χ0v) is 15.2. The predicted octanol–water partition coefficient (Wildman–Crippen LogP) is 3.09. The van der Waals surface area contributed by atoms with Gasteiger partial charge in [-0.2, -0.15) is 0 Å². The third-order valence-corrected chi connectivity index (χ3v) is 5.66. The summed E-state index contributed by atoms with van der Waals surface area (Å²) < 4.78 is 19.2. The maximum absolute atomic E-state index is 13.4. The van der Waals surface area contributed by atoms with Crippen LogP contribution in [0, 0.1) is 11.7 Å². The Morgan fingerprint density at radius 2 is 1.93 bits per heavy atom. The Balaban J connectivity index is 1.64. The molecular weight excluding hydrogens is 345 g/mol. The van der Waals surface area contributed by atoms with Crippen LogP contribution in [0.3, 0.4) is 0 Å². The van der Waals surface area contributed by atoms with Gasteiger partial charge in [0.15, 0.2) is 0 Å². The number of halogens is 1. The number of hydrogen-bond acceptors (Lipinski definition) is 3. The molecule has 27 heavy (non-hydrogen) atoms. The van der Waals surface area contributed by atoms with Crippen molar-refractivity contribution in [1.82, 2.24) is 4.90 Å². The summed E-state index contributed by atoms with van der Waals surface area (Å²) in [7, 11) is 0. The highest BCUT2D eigenvalue weighted by Crippen LogP contribution is 2.36. The summed E-state index contributed by atoms with van der Waals surface area (Å²) in [6.45, 7) is 1.12. The van der Waals surface area contributed by atoms with Gasteiger partial charge in [0.25, 0.3) is 5.91 Å². The molecule has 2 aliphatic rings. The van der Waals surface area contributed by atoms with E-state index in [4.69, 9.17) is 4.74 Å². The lowest BCUT2D eigenvalue weighted by Crippen LogP contribution is -2.48. The average Bonchev–Trinajstić information content (AvgIpc) is 2.73. The third-order valence-electron chi connectivity index (χ3n) is 5.66. The Bertz CT molecular complexity index is 799. The number of amides is 1. The number of carbonyl (C=O) groups is 1. The maximum Gasteiger partial charge on any atom is 0.252 e. The van der Waals surface area contributed by atoms with E-state index in [1.807, 2.05) is 23.1 Å². The van der Waals surface area contributed by atoms with Crippen LogP contribution < -0.4 is 0 Å². The van der Waals surface area contributed by atoms with Gasteiger partial charge in [0.2, 0.25) is 0 Å². The maximum atomic E-state index is 13.4. The molecule has 2 aromatic carbocycles. The largest absolute Gasteiger partial charge is 0.396 e. The molecule has 142 valence electrons. The van der Waals surface area contributed by atoms with Crippen LogP contribution >= 0.6 is 0 Å². The zero-order valence-electron chi connectivity index (χ0n) is 15.2. The first-order chi connectivity index (χ1) is 13.2. The van der Waals surface area contributed by atoms with Crippen LogP contribution in [-0.4, -0.2) is 41.8 Å². The number of nitrogens with zero attached hydrogens (tertiary/aromatic N) is 1. The van der Waals surface area contributed by atoms with Gasteiger partial charge in [-0.3, -0.25) is 4.79 Å². The number of rotatable bonds is 3. The van der Waals surface area contributed by atoms with Gasteiger partial charge in [0.1, 0.15) is 11.9 Å². The lowest BCUT2D eigenvalue weighted by atomic mass is 9.87. The van der Waals surface area contributed by atoms with Crippen molar-refractivity contribution in [2.24, 2.45) is 5.92 Å². The molecule has 5 heteroatoms. The summed E-state index contributed by atoms with van der Waals surface area (Å²) in [6, 6.07) is 14.3. The van der Waals surface area contributed by atoms with Gasteiger partial charge in [-0.05, 0) is 48.1 Å². The van der Waals surface area contributed by atoms with Crippen molar-refractivity contribution < 1.29 is 19.0 Å². The van der Waals surface area contributed by atoms with Gasteiger partial charge in [0.05, 0.1) is 12.6 Å². The molecule has 0 aromatic heterocycles. The molecule has 0 bridgehead atoms. The van der Waals surface area contributed by atoms with Crippen molar-refractivity contribution in [1.29, 1.82) is 0 Å². The van der Waals surface area contributed by atoms with Crippen LogP contribution in [0.4, 0.5) is 4.39 Å². The van der Waals surface area contributed by atoms with E-state index in [1.165, 1.54) is 17.7 Å². The number of hydrogen-bond donors (Lipinski definition) is 1. The van der Waals surface area contributed by atoms with E-state index >= 15 is 0 Å². The van der Waals surface area contributed by atoms with Crippen LogP contribution in [0.2, 0.25) is 0 Å². The quantitative estimate of drug-likeness (QED) is 0.905. The Kier molecular flexibility index (Phi) is 5.23. The predicted molar refractivity (Wildman–Crippen MR) is 99.7 cm³/mol. The van der Waals surface area contributed by atoms with Crippen LogP contribution in [0.25, 0.3) is 0 Å². The van der Waals surface area contributed by atoms with Crippen molar-refractivity contribution in [3.8, 4) is 0 Å². The summed E-state index contributed by atoms with van der Waals surface area (Å²) in [5.74, 6) is -0.189. The van der Waals surface area contributed by atoms with E-state index in [9.17, 15) is 14.3 Å². The number of aliphatic hydroxyl groups is 1. The summed E-state index contributed by atoms with van der Waals surface area (Å²) in [6.07, 6.45) is 1.74. The number of aliphatic hydroxyl groups excluding tert-OH is 1. The summed E-state index contributed by atoms with van der Waals surface area (Å²) in [5, 5.41) is 9.28.